The van der Waals surface area contributed by atoms with Crippen molar-refractivity contribution in [2.24, 2.45) is 0 Å². The molecular formula is C23H27N3O3. The highest BCUT2D eigenvalue weighted by Crippen LogP contribution is 2.29. The lowest BCUT2D eigenvalue weighted by Crippen LogP contribution is -2.25. The fraction of sp³-hybridized carbons (Fsp3) is 0.304. The topological polar surface area (TPSA) is 65.4 Å². The minimum Gasteiger partial charge on any atom is -0.496 e. The number of aromatic nitrogens is 2. The molecule has 0 radical (unpaired) electrons. The lowest BCUT2D eigenvalue weighted by atomic mass is 10.1. The number of nitrogens with one attached hydrogen (secondary N) is 1. The Balaban J connectivity index is 1.61. The van der Waals surface area contributed by atoms with E-state index in [-0.39, 0.29) is 5.91 Å². The number of carbonyl (C=O) groups is 1. The first kappa shape index (κ1) is 20.5. The highest BCUT2D eigenvalue weighted by molar-refractivity contribution is 5.95. The van der Waals surface area contributed by atoms with Crippen LogP contribution in [0.3, 0.4) is 0 Å². The van der Waals surface area contributed by atoms with Gasteiger partial charge in [-0.1, -0.05) is 12.1 Å². The Bertz CT molecular complexity index is 982. The molecule has 0 aliphatic carbocycles. The van der Waals surface area contributed by atoms with Crippen LogP contribution in [0.5, 0.6) is 11.5 Å². The molecule has 1 heterocycles. The van der Waals surface area contributed by atoms with Crippen LogP contribution in [0.2, 0.25) is 0 Å². The number of carbonyl (C=O) groups excluding carboxylic acids is 1. The van der Waals surface area contributed by atoms with E-state index in [0.29, 0.717) is 23.6 Å². The lowest BCUT2D eigenvalue weighted by Gasteiger charge is -2.13. The van der Waals surface area contributed by atoms with E-state index in [0.717, 1.165) is 34.6 Å². The molecule has 0 aliphatic rings. The predicted molar refractivity (Wildman–Crippen MR) is 113 cm³/mol. The van der Waals surface area contributed by atoms with Crippen molar-refractivity contribution in [1.82, 2.24) is 15.1 Å². The summed E-state index contributed by atoms with van der Waals surface area (Å²) in [5.74, 6) is 1.12. The van der Waals surface area contributed by atoms with Gasteiger partial charge in [-0.3, -0.25) is 4.79 Å². The minimum absolute atomic E-state index is 0.152. The molecule has 0 fully saturated rings. The number of hydrogen-bond donors (Lipinski definition) is 1. The third kappa shape index (κ3) is 4.59. The third-order valence-electron chi connectivity index (χ3n) is 4.90. The Kier molecular flexibility index (Phi) is 6.22. The number of benzene rings is 2. The van der Waals surface area contributed by atoms with Crippen molar-refractivity contribution in [1.29, 1.82) is 0 Å². The average molecular weight is 393 g/mol. The summed E-state index contributed by atoms with van der Waals surface area (Å²) in [5, 5.41) is 7.46. The summed E-state index contributed by atoms with van der Waals surface area (Å²) in [7, 11) is 3.17. The summed E-state index contributed by atoms with van der Waals surface area (Å²) in [6, 6.07) is 13.7. The van der Waals surface area contributed by atoms with Gasteiger partial charge < -0.3 is 14.8 Å². The number of nitrogens with zero attached hydrogens (tertiary/aromatic N) is 2. The van der Waals surface area contributed by atoms with Gasteiger partial charge in [0.1, 0.15) is 11.5 Å². The summed E-state index contributed by atoms with van der Waals surface area (Å²) in [5.41, 5.74) is 5.67. The van der Waals surface area contributed by atoms with E-state index in [4.69, 9.17) is 9.47 Å². The molecular weight excluding hydrogens is 366 g/mol. The van der Waals surface area contributed by atoms with Crippen LogP contribution >= 0.6 is 0 Å². The summed E-state index contributed by atoms with van der Waals surface area (Å²) >= 11 is 0. The maximum Gasteiger partial charge on any atom is 0.251 e. The summed E-state index contributed by atoms with van der Waals surface area (Å²) < 4.78 is 12.6. The summed E-state index contributed by atoms with van der Waals surface area (Å²) in [6.45, 7) is 6.46. The Labute approximate surface area is 171 Å². The highest BCUT2D eigenvalue weighted by atomic mass is 16.5. The smallest absolute Gasteiger partial charge is 0.251 e. The van der Waals surface area contributed by atoms with Crippen LogP contribution in [-0.4, -0.2) is 36.5 Å². The minimum atomic E-state index is -0.152. The van der Waals surface area contributed by atoms with E-state index < -0.39 is 0 Å². The molecule has 0 saturated carbocycles. The lowest BCUT2D eigenvalue weighted by molar-refractivity contribution is 0.0953. The highest BCUT2D eigenvalue weighted by Gasteiger charge is 2.13. The van der Waals surface area contributed by atoms with Crippen LogP contribution in [0.4, 0.5) is 0 Å². The molecule has 0 aliphatic heterocycles. The molecule has 0 unspecified atom stereocenters. The van der Waals surface area contributed by atoms with E-state index in [1.165, 1.54) is 0 Å². The second-order valence-corrected chi connectivity index (χ2v) is 7.02. The van der Waals surface area contributed by atoms with E-state index in [1.54, 1.807) is 26.4 Å². The van der Waals surface area contributed by atoms with Gasteiger partial charge in [0, 0.05) is 23.4 Å². The molecule has 1 aromatic heterocycles. The Morgan fingerprint density at radius 1 is 1.00 bits per heavy atom. The zero-order valence-corrected chi connectivity index (χ0v) is 17.6. The number of amides is 1. The van der Waals surface area contributed by atoms with Gasteiger partial charge in [0.25, 0.3) is 5.91 Å². The van der Waals surface area contributed by atoms with Crippen molar-refractivity contribution in [3.8, 4) is 17.2 Å². The van der Waals surface area contributed by atoms with Gasteiger partial charge in [-0.25, -0.2) is 4.68 Å². The molecule has 2 aromatic carbocycles. The molecule has 0 saturated heterocycles. The second-order valence-electron chi connectivity index (χ2n) is 7.02. The van der Waals surface area contributed by atoms with Crippen molar-refractivity contribution in [3.05, 3.63) is 70.5 Å². The van der Waals surface area contributed by atoms with Gasteiger partial charge in [-0.2, -0.15) is 5.10 Å². The van der Waals surface area contributed by atoms with Crippen LogP contribution in [0.15, 0.2) is 42.5 Å². The van der Waals surface area contributed by atoms with Crippen molar-refractivity contribution < 1.29 is 14.3 Å². The maximum atomic E-state index is 12.5. The molecule has 3 rings (SSSR count). The Morgan fingerprint density at radius 3 is 2.14 bits per heavy atom. The third-order valence-corrected chi connectivity index (χ3v) is 4.90. The predicted octanol–water partition coefficient (Wildman–Crippen LogP) is 3.79. The second kappa shape index (κ2) is 8.82. The molecule has 29 heavy (non-hydrogen) atoms. The first-order valence-corrected chi connectivity index (χ1v) is 9.56. The monoisotopic (exact) mass is 393 g/mol. The molecule has 0 atom stereocenters. The molecule has 152 valence electrons. The van der Waals surface area contributed by atoms with E-state index >= 15 is 0 Å². The van der Waals surface area contributed by atoms with E-state index in [9.17, 15) is 4.79 Å². The van der Waals surface area contributed by atoms with Crippen molar-refractivity contribution in [3.63, 3.8) is 0 Å². The Hall–Kier alpha value is -3.28. The quantitative estimate of drug-likeness (QED) is 0.663. The average Bonchev–Trinajstić information content (AvgIpc) is 3.06. The van der Waals surface area contributed by atoms with Crippen LogP contribution in [0, 0.1) is 20.8 Å². The number of rotatable bonds is 7. The van der Waals surface area contributed by atoms with Gasteiger partial charge in [-0.15, -0.1) is 0 Å². The van der Waals surface area contributed by atoms with Crippen molar-refractivity contribution in [2.75, 3.05) is 20.8 Å². The number of ether oxygens (including phenoxy) is 2. The van der Waals surface area contributed by atoms with Gasteiger partial charge in [0.15, 0.2) is 0 Å². The summed E-state index contributed by atoms with van der Waals surface area (Å²) in [6.07, 6.45) is 0.739. The molecule has 0 spiro atoms. The van der Waals surface area contributed by atoms with Crippen molar-refractivity contribution >= 4 is 5.91 Å². The van der Waals surface area contributed by atoms with Gasteiger partial charge in [-0.05, 0) is 63.1 Å². The Morgan fingerprint density at radius 2 is 1.62 bits per heavy atom. The van der Waals surface area contributed by atoms with Crippen LogP contribution in [-0.2, 0) is 6.42 Å². The van der Waals surface area contributed by atoms with Crippen LogP contribution in [0.25, 0.3) is 5.69 Å². The maximum absolute atomic E-state index is 12.5. The summed E-state index contributed by atoms with van der Waals surface area (Å²) in [4.78, 5) is 12.5. The van der Waals surface area contributed by atoms with Gasteiger partial charge >= 0.3 is 0 Å². The largest absolute Gasteiger partial charge is 0.496 e. The molecule has 3 aromatic rings. The fourth-order valence-electron chi connectivity index (χ4n) is 3.33. The zero-order valence-electron chi connectivity index (χ0n) is 17.6. The number of hydrogen-bond acceptors (Lipinski definition) is 4. The number of aryl methyl sites for hydroxylation is 2. The fourth-order valence-corrected chi connectivity index (χ4v) is 3.33. The standard InChI is InChI=1S/C23H27N3O3/c1-15-12-16(2)26(25-15)20-8-6-18(7-9-20)10-11-24-23(27)19-13-21(28-4)17(3)22(14-19)29-5/h6-9,12-14H,10-11H2,1-5H3,(H,24,27). The van der Waals surface area contributed by atoms with Gasteiger partial charge in [0.05, 0.1) is 25.6 Å². The number of methoxy groups -OCH3 is 2. The molecule has 0 bridgehead atoms. The first-order chi connectivity index (χ1) is 13.9. The van der Waals surface area contributed by atoms with Crippen molar-refractivity contribution in [2.45, 2.75) is 27.2 Å². The first-order valence-electron chi connectivity index (χ1n) is 9.56. The SMILES string of the molecule is COc1cc(C(=O)NCCc2ccc(-n3nc(C)cc3C)cc2)cc(OC)c1C. The molecule has 1 N–H and O–H groups in total. The molecule has 6 nitrogen and oxygen atoms in total. The van der Waals surface area contributed by atoms with Gasteiger partial charge in [0.2, 0.25) is 0 Å². The molecule has 1 amide bonds. The van der Waals surface area contributed by atoms with E-state index in [2.05, 4.69) is 28.6 Å². The van der Waals surface area contributed by atoms with Crippen LogP contribution in [0.1, 0.15) is 32.9 Å². The zero-order chi connectivity index (χ0) is 21.0. The van der Waals surface area contributed by atoms with Crippen LogP contribution < -0.4 is 14.8 Å². The molecule has 6 heteroatoms. The van der Waals surface area contributed by atoms with E-state index in [1.807, 2.05) is 37.6 Å². The normalized spacial score (nSPS) is 10.7.